The highest BCUT2D eigenvalue weighted by Gasteiger charge is 2.50. The van der Waals surface area contributed by atoms with Crippen LogP contribution in [0.25, 0.3) is 0 Å². The minimum atomic E-state index is 0.441. The van der Waals surface area contributed by atoms with Gasteiger partial charge in [-0.3, -0.25) is 0 Å². The zero-order chi connectivity index (χ0) is 22.1. The first-order valence-corrected chi connectivity index (χ1v) is 13.1. The SMILES string of the molecule is C=C1C(=CC=C2CCCC3(C)C2CCC3C(C)CCC(C)C(C)(C)C)CCCC1C. The fourth-order valence-electron chi connectivity index (χ4n) is 7.01. The second kappa shape index (κ2) is 9.38. The van der Waals surface area contributed by atoms with Crippen LogP contribution in [-0.2, 0) is 0 Å². The zero-order valence-corrected chi connectivity index (χ0v) is 21.3. The zero-order valence-electron chi connectivity index (χ0n) is 21.3. The molecule has 0 amide bonds. The largest absolute Gasteiger partial charge is 0.0953 e. The second-order valence-corrected chi connectivity index (χ2v) is 12.7. The summed E-state index contributed by atoms with van der Waals surface area (Å²) in [6, 6.07) is 0. The van der Waals surface area contributed by atoms with Gasteiger partial charge in [0.1, 0.15) is 0 Å². The van der Waals surface area contributed by atoms with E-state index in [9.17, 15) is 0 Å². The van der Waals surface area contributed by atoms with E-state index in [-0.39, 0.29) is 0 Å². The van der Waals surface area contributed by atoms with Crippen molar-refractivity contribution in [2.24, 2.45) is 40.4 Å². The summed E-state index contributed by atoms with van der Waals surface area (Å²) in [5, 5.41) is 0. The van der Waals surface area contributed by atoms with Crippen LogP contribution in [0, 0.1) is 40.4 Å². The first-order chi connectivity index (χ1) is 14.0. The van der Waals surface area contributed by atoms with Gasteiger partial charge in [0.25, 0.3) is 0 Å². The quantitative estimate of drug-likeness (QED) is 0.423. The van der Waals surface area contributed by atoms with Gasteiger partial charge in [0, 0.05) is 0 Å². The van der Waals surface area contributed by atoms with Crippen LogP contribution in [0.15, 0.2) is 35.5 Å². The van der Waals surface area contributed by atoms with Crippen molar-refractivity contribution < 1.29 is 0 Å². The summed E-state index contributed by atoms with van der Waals surface area (Å²) >= 11 is 0. The minimum Gasteiger partial charge on any atom is -0.0953 e. The number of hydrogen-bond donors (Lipinski definition) is 0. The number of rotatable bonds is 5. The van der Waals surface area contributed by atoms with Crippen LogP contribution in [0.2, 0.25) is 0 Å². The van der Waals surface area contributed by atoms with E-state index in [1.165, 1.54) is 75.4 Å². The first-order valence-electron chi connectivity index (χ1n) is 13.1. The number of fused-ring (bicyclic) bond motifs is 1. The molecule has 0 nitrogen and oxygen atoms in total. The van der Waals surface area contributed by atoms with Crippen molar-refractivity contribution in [3.63, 3.8) is 0 Å². The molecule has 6 unspecified atom stereocenters. The third kappa shape index (κ3) is 4.99. The van der Waals surface area contributed by atoms with Crippen LogP contribution in [0.1, 0.15) is 113 Å². The van der Waals surface area contributed by atoms with E-state index in [1.807, 2.05) is 0 Å². The highest BCUT2D eigenvalue weighted by atomic mass is 14.5. The van der Waals surface area contributed by atoms with Crippen LogP contribution < -0.4 is 0 Å². The molecule has 0 radical (unpaired) electrons. The third-order valence-corrected chi connectivity index (χ3v) is 9.85. The molecular weight excluding hydrogens is 360 g/mol. The lowest BCUT2D eigenvalue weighted by Gasteiger charge is -2.44. The molecular formula is C30H50. The molecule has 170 valence electrons. The summed E-state index contributed by atoms with van der Waals surface area (Å²) in [5.41, 5.74) is 5.68. The second-order valence-electron chi connectivity index (χ2n) is 12.7. The molecule has 0 spiro atoms. The topological polar surface area (TPSA) is 0 Å². The Kier molecular flexibility index (Phi) is 7.46. The average molecular weight is 411 g/mol. The smallest absolute Gasteiger partial charge is 0.0143 e. The Balaban J connectivity index is 1.70. The van der Waals surface area contributed by atoms with Gasteiger partial charge < -0.3 is 0 Å². The number of hydrogen-bond acceptors (Lipinski definition) is 0. The van der Waals surface area contributed by atoms with Crippen molar-refractivity contribution in [3.8, 4) is 0 Å². The molecule has 3 rings (SSSR count). The Morgan fingerprint density at radius 2 is 1.77 bits per heavy atom. The molecule has 3 fully saturated rings. The van der Waals surface area contributed by atoms with Crippen molar-refractivity contribution in [2.75, 3.05) is 0 Å². The number of allylic oxidation sites excluding steroid dienone is 5. The summed E-state index contributed by atoms with van der Waals surface area (Å²) in [5.74, 6) is 4.08. The molecule has 0 aromatic heterocycles. The Morgan fingerprint density at radius 3 is 2.47 bits per heavy atom. The van der Waals surface area contributed by atoms with Gasteiger partial charge >= 0.3 is 0 Å². The summed E-state index contributed by atoms with van der Waals surface area (Å²) in [6.07, 6.45) is 18.7. The van der Waals surface area contributed by atoms with Crippen molar-refractivity contribution in [2.45, 2.75) is 113 Å². The molecule has 0 bridgehead atoms. The molecule has 3 aliphatic carbocycles. The molecule has 0 N–H and O–H groups in total. The van der Waals surface area contributed by atoms with E-state index in [1.54, 1.807) is 5.57 Å². The molecule has 0 aromatic rings. The Hall–Kier alpha value is -0.780. The van der Waals surface area contributed by atoms with Crippen LogP contribution in [0.5, 0.6) is 0 Å². The third-order valence-electron chi connectivity index (χ3n) is 9.85. The van der Waals surface area contributed by atoms with Gasteiger partial charge in [-0.05, 0) is 109 Å². The Morgan fingerprint density at radius 1 is 1.03 bits per heavy atom. The van der Waals surface area contributed by atoms with Crippen LogP contribution in [0.4, 0.5) is 0 Å². The predicted octanol–water partition coefficient (Wildman–Crippen LogP) is 9.53. The highest BCUT2D eigenvalue weighted by Crippen LogP contribution is 2.60. The normalized spacial score (nSPS) is 37.4. The van der Waals surface area contributed by atoms with Crippen LogP contribution in [0.3, 0.4) is 0 Å². The standard InChI is InChI=1S/C30H50/c1-21-11-9-12-25(24(21)4)16-17-26-13-10-20-30(8)27(18-19-28(26)30)22(2)14-15-23(3)29(5,6)7/h16-17,21-23,27-28H,4,9-15,18-20H2,1-3,5-8H3. The summed E-state index contributed by atoms with van der Waals surface area (Å²) < 4.78 is 0. The summed E-state index contributed by atoms with van der Waals surface area (Å²) in [7, 11) is 0. The van der Waals surface area contributed by atoms with Gasteiger partial charge in [0.05, 0.1) is 0 Å². The summed E-state index contributed by atoms with van der Waals surface area (Å²) in [4.78, 5) is 0. The molecule has 0 heteroatoms. The molecule has 0 saturated heterocycles. The molecule has 6 atom stereocenters. The van der Waals surface area contributed by atoms with E-state index in [4.69, 9.17) is 0 Å². The lowest BCUT2D eigenvalue weighted by molar-refractivity contribution is 0.0882. The van der Waals surface area contributed by atoms with Gasteiger partial charge in [-0.1, -0.05) is 79.2 Å². The molecule has 3 aliphatic rings. The maximum absolute atomic E-state index is 4.41. The van der Waals surface area contributed by atoms with Crippen LogP contribution >= 0.6 is 0 Å². The fraction of sp³-hybridized carbons (Fsp3) is 0.800. The molecule has 0 heterocycles. The maximum atomic E-state index is 4.41. The summed E-state index contributed by atoms with van der Waals surface area (Å²) in [6.45, 7) is 21.7. The first kappa shape index (κ1) is 23.9. The monoisotopic (exact) mass is 410 g/mol. The molecule has 30 heavy (non-hydrogen) atoms. The van der Waals surface area contributed by atoms with E-state index in [2.05, 4.69) is 67.2 Å². The maximum Gasteiger partial charge on any atom is -0.0143 e. The Labute approximate surface area is 188 Å². The van der Waals surface area contributed by atoms with Crippen molar-refractivity contribution in [1.82, 2.24) is 0 Å². The van der Waals surface area contributed by atoms with E-state index in [0.29, 0.717) is 16.7 Å². The molecule has 3 saturated carbocycles. The van der Waals surface area contributed by atoms with Gasteiger partial charge in [0.2, 0.25) is 0 Å². The minimum absolute atomic E-state index is 0.441. The van der Waals surface area contributed by atoms with Gasteiger partial charge in [-0.2, -0.15) is 0 Å². The molecule has 0 aromatic carbocycles. The predicted molar refractivity (Wildman–Crippen MR) is 134 cm³/mol. The van der Waals surface area contributed by atoms with Gasteiger partial charge in [-0.15, -0.1) is 0 Å². The van der Waals surface area contributed by atoms with Crippen molar-refractivity contribution in [3.05, 3.63) is 35.5 Å². The average Bonchev–Trinajstić information content (AvgIpc) is 3.03. The van der Waals surface area contributed by atoms with Gasteiger partial charge in [-0.25, -0.2) is 0 Å². The van der Waals surface area contributed by atoms with Crippen molar-refractivity contribution >= 4 is 0 Å². The lowest BCUT2D eigenvalue weighted by atomic mass is 9.60. The fourth-order valence-corrected chi connectivity index (χ4v) is 7.01. The van der Waals surface area contributed by atoms with E-state index >= 15 is 0 Å². The lowest BCUT2D eigenvalue weighted by Crippen LogP contribution is -2.36. The van der Waals surface area contributed by atoms with E-state index in [0.717, 1.165) is 23.7 Å². The van der Waals surface area contributed by atoms with Gasteiger partial charge in [0.15, 0.2) is 0 Å². The molecule has 0 aliphatic heterocycles. The van der Waals surface area contributed by atoms with Crippen molar-refractivity contribution in [1.29, 1.82) is 0 Å². The Bertz CT molecular complexity index is 669. The van der Waals surface area contributed by atoms with E-state index < -0.39 is 0 Å². The highest BCUT2D eigenvalue weighted by molar-refractivity contribution is 5.36. The van der Waals surface area contributed by atoms with Crippen LogP contribution in [-0.4, -0.2) is 0 Å².